The minimum Gasteiger partial charge on any atom is -0.492 e. The number of nitrogens with zero attached hydrogens (tertiary/aromatic N) is 1. The van der Waals surface area contributed by atoms with Crippen LogP contribution in [0.3, 0.4) is 0 Å². The average Bonchev–Trinajstić information content (AvgIpc) is 2.88. The van der Waals surface area contributed by atoms with Crippen molar-refractivity contribution in [1.29, 1.82) is 0 Å². The highest BCUT2D eigenvalue weighted by molar-refractivity contribution is 6.05. The van der Waals surface area contributed by atoms with E-state index in [4.69, 9.17) is 10.6 Å². The molecule has 1 heterocycles. The number of carbonyl (C=O) groups is 2. The van der Waals surface area contributed by atoms with E-state index in [1.807, 2.05) is 30.3 Å². The van der Waals surface area contributed by atoms with Crippen LogP contribution in [0.4, 0.5) is 0 Å². The standard InChI is InChI=1S/C20H27N3O5/c1-11(2)17(18(25)16-12(3)19(26)23(28-4)20(16)27)22-15(24)10-14(21)13-8-6-5-7-9-13/h5-9,11,14,17,26-27H,10,21H2,1-4H3,(H,22,24)/t14-,17-/m0/s1. The fourth-order valence-corrected chi connectivity index (χ4v) is 3.04. The zero-order chi connectivity index (χ0) is 21.0. The van der Waals surface area contributed by atoms with Crippen molar-refractivity contribution < 1.29 is 24.6 Å². The van der Waals surface area contributed by atoms with E-state index in [-0.39, 0.29) is 35.3 Å². The fourth-order valence-electron chi connectivity index (χ4n) is 3.04. The van der Waals surface area contributed by atoms with Crippen molar-refractivity contribution in [2.45, 2.75) is 39.3 Å². The second kappa shape index (κ2) is 8.79. The van der Waals surface area contributed by atoms with Crippen LogP contribution in [0.5, 0.6) is 11.8 Å². The van der Waals surface area contributed by atoms with Gasteiger partial charge in [-0.2, -0.15) is 0 Å². The van der Waals surface area contributed by atoms with Gasteiger partial charge in [-0.05, 0) is 18.4 Å². The van der Waals surface area contributed by atoms with Crippen molar-refractivity contribution in [1.82, 2.24) is 10.0 Å². The van der Waals surface area contributed by atoms with Crippen LogP contribution >= 0.6 is 0 Å². The van der Waals surface area contributed by atoms with E-state index >= 15 is 0 Å². The lowest BCUT2D eigenvalue weighted by Gasteiger charge is -2.22. The molecule has 2 aromatic rings. The van der Waals surface area contributed by atoms with Gasteiger partial charge in [0.05, 0.1) is 11.6 Å². The van der Waals surface area contributed by atoms with Gasteiger partial charge in [0.2, 0.25) is 17.7 Å². The fraction of sp³-hybridized carbons (Fsp3) is 0.400. The van der Waals surface area contributed by atoms with Gasteiger partial charge in [-0.25, -0.2) is 0 Å². The maximum absolute atomic E-state index is 13.0. The third-order valence-electron chi connectivity index (χ3n) is 4.65. The molecule has 28 heavy (non-hydrogen) atoms. The lowest BCUT2D eigenvalue weighted by Crippen LogP contribution is -2.45. The molecule has 152 valence electrons. The van der Waals surface area contributed by atoms with Crippen LogP contribution in [-0.2, 0) is 4.79 Å². The number of benzene rings is 1. The van der Waals surface area contributed by atoms with Crippen LogP contribution in [-0.4, -0.2) is 39.8 Å². The molecule has 1 aromatic heterocycles. The molecule has 0 spiro atoms. The summed E-state index contributed by atoms with van der Waals surface area (Å²) >= 11 is 0. The van der Waals surface area contributed by atoms with E-state index in [1.165, 1.54) is 14.0 Å². The molecule has 0 fully saturated rings. The molecule has 0 saturated carbocycles. The van der Waals surface area contributed by atoms with Crippen molar-refractivity contribution in [3.8, 4) is 11.8 Å². The topological polar surface area (TPSA) is 127 Å². The van der Waals surface area contributed by atoms with E-state index in [0.29, 0.717) is 0 Å². The highest BCUT2D eigenvalue weighted by atomic mass is 16.7. The van der Waals surface area contributed by atoms with Crippen molar-refractivity contribution in [3.63, 3.8) is 0 Å². The third kappa shape index (κ3) is 4.28. The number of amides is 1. The first-order chi connectivity index (χ1) is 13.2. The lowest BCUT2D eigenvalue weighted by molar-refractivity contribution is -0.122. The predicted molar refractivity (Wildman–Crippen MR) is 104 cm³/mol. The molecule has 2 atom stereocenters. The molecule has 0 radical (unpaired) electrons. The summed E-state index contributed by atoms with van der Waals surface area (Å²) < 4.78 is 0.757. The Bertz CT molecular complexity index is 845. The van der Waals surface area contributed by atoms with Gasteiger partial charge in [0.1, 0.15) is 7.11 Å². The average molecular weight is 389 g/mol. The number of nitrogens with two attached hydrogens (primary N) is 1. The lowest BCUT2D eigenvalue weighted by atomic mass is 9.93. The SMILES string of the molecule is COn1c(O)c(C)c(C(=O)[C@@H](NC(=O)C[C@H](N)c2ccccc2)C(C)C)c1O. The van der Waals surface area contributed by atoms with Gasteiger partial charge in [0, 0.05) is 18.0 Å². The van der Waals surface area contributed by atoms with Gasteiger partial charge in [0.25, 0.3) is 0 Å². The molecule has 0 bridgehead atoms. The molecule has 8 heteroatoms. The Morgan fingerprint density at radius 1 is 1.18 bits per heavy atom. The van der Waals surface area contributed by atoms with Crippen molar-refractivity contribution in [2.24, 2.45) is 11.7 Å². The van der Waals surface area contributed by atoms with Crippen LogP contribution in [0, 0.1) is 12.8 Å². The maximum atomic E-state index is 13.0. The summed E-state index contributed by atoms with van der Waals surface area (Å²) in [7, 11) is 1.25. The summed E-state index contributed by atoms with van der Waals surface area (Å²) in [4.78, 5) is 30.4. The van der Waals surface area contributed by atoms with E-state index in [0.717, 1.165) is 10.3 Å². The van der Waals surface area contributed by atoms with Gasteiger partial charge >= 0.3 is 0 Å². The number of rotatable bonds is 8. The predicted octanol–water partition coefficient (Wildman–Crippen LogP) is 1.68. The number of ketones is 1. The van der Waals surface area contributed by atoms with E-state index in [1.54, 1.807) is 13.8 Å². The van der Waals surface area contributed by atoms with E-state index in [9.17, 15) is 19.8 Å². The first-order valence-corrected chi connectivity index (χ1v) is 9.00. The summed E-state index contributed by atoms with van der Waals surface area (Å²) in [5, 5.41) is 23.0. The van der Waals surface area contributed by atoms with E-state index in [2.05, 4.69) is 5.32 Å². The normalized spacial score (nSPS) is 13.2. The Labute approximate surface area is 163 Å². The Hall–Kier alpha value is -3.00. The Morgan fingerprint density at radius 2 is 1.79 bits per heavy atom. The maximum Gasteiger partial charge on any atom is 0.240 e. The molecule has 0 aliphatic carbocycles. The first-order valence-electron chi connectivity index (χ1n) is 9.00. The summed E-state index contributed by atoms with van der Waals surface area (Å²) in [5.41, 5.74) is 6.99. The summed E-state index contributed by atoms with van der Waals surface area (Å²) in [5.74, 6) is -2.03. The molecule has 0 unspecified atom stereocenters. The number of nitrogens with one attached hydrogen (secondary N) is 1. The Balaban J connectivity index is 2.20. The van der Waals surface area contributed by atoms with Crippen molar-refractivity contribution >= 4 is 11.7 Å². The Morgan fingerprint density at radius 3 is 2.29 bits per heavy atom. The monoisotopic (exact) mass is 389 g/mol. The van der Waals surface area contributed by atoms with Gasteiger partial charge in [-0.15, -0.1) is 4.73 Å². The van der Waals surface area contributed by atoms with Gasteiger partial charge in [0.15, 0.2) is 5.78 Å². The third-order valence-corrected chi connectivity index (χ3v) is 4.65. The number of hydrogen-bond donors (Lipinski definition) is 4. The van der Waals surface area contributed by atoms with Crippen LogP contribution in [0.1, 0.15) is 47.8 Å². The summed E-state index contributed by atoms with van der Waals surface area (Å²) in [6.45, 7) is 5.04. The summed E-state index contributed by atoms with van der Waals surface area (Å²) in [6.07, 6.45) is 0.00973. The second-order valence-corrected chi connectivity index (χ2v) is 7.00. The molecule has 8 nitrogen and oxygen atoms in total. The number of aromatic hydroxyl groups is 2. The molecule has 0 aliphatic heterocycles. The zero-order valence-corrected chi connectivity index (χ0v) is 16.5. The largest absolute Gasteiger partial charge is 0.492 e. The van der Waals surface area contributed by atoms with Gasteiger partial charge in [-0.1, -0.05) is 44.2 Å². The smallest absolute Gasteiger partial charge is 0.240 e. The highest BCUT2D eigenvalue weighted by Gasteiger charge is 2.33. The first kappa shape index (κ1) is 21.3. The van der Waals surface area contributed by atoms with Crippen LogP contribution in [0.2, 0.25) is 0 Å². The van der Waals surface area contributed by atoms with E-state index < -0.39 is 23.7 Å². The zero-order valence-electron chi connectivity index (χ0n) is 16.5. The second-order valence-electron chi connectivity index (χ2n) is 7.00. The molecule has 5 N–H and O–H groups in total. The molecule has 0 saturated heterocycles. The van der Waals surface area contributed by atoms with Crippen molar-refractivity contribution in [3.05, 3.63) is 47.0 Å². The Kier molecular flexibility index (Phi) is 6.69. The molecular weight excluding hydrogens is 362 g/mol. The van der Waals surface area contributed by atoms with Gasteiger partial charge in [-0.3, -0.25) is 9.59 Å². The minimum absolute atomic E-state index is 0.00973. The van der Waals surface area contributed by atoms with Crippen LogP contribution < -0.4 is 15.9 Å². The minimum atomic E-state index is -0.896. The number of carbonyl (C=O) groups excluding carboxylic acids is 2. The summed E-state index contributed by atoms with van der Waals surface area (Å²) in [6, 6.07) is 7.81. The number of aromatic nitrogens is 1. The number of Topliss-reactive ketones (excluding diaryl/α,β-unsaturated/α-hetero) is 1. The molecule has 2 rings (SSSR count). The molecular formula is C20H27N3O5. The number of hydrogen-bond acceptors (Lipinski definition) is 6. The molecule has 1 amide bonds. The van der Waals surface area contributed by atoms with Crippen LogP contribution in [0.15, 0.2) is 30.3 Å². The molecule has 0 aliphatic rings. The molecule has 1 aromatic carbocycles. The van der Waals surface area contributed by atoms with Crippen molar-refractivity contribution in [2.75, 3.05) is 7.11 Å². The highest BCUT2D eigenvalue weighted by Crippen LogP contribution is 2.33. The van der Waals surface area contributed by atoms with Gasteiger partial charge < -0.3 is 26.1 Å². The van der Waals surface area contributed by atoms with Crippen LogP contribution in [0.25, 0.3) is 0 Å². The quantitative estimate of drug-likeness (QED) is 0.509.